The van der Waals surface area contributed by atoms with E-state index in [2.05, 4.69) is 10.2 Å². The van der Waals surface area contributed by atoms with E-state index < -0.39 is 11.7 Å². The predicted molar refractivity (Wildman–Crippen MR) is 123 cm³/mol. The van der Waals surface area contributed by atoms with Gasteiger partial charge in [0.05, 0.1) is 24.5 Å². The maximum Gasteiger partial charge on any atom is 0.416 e. The molecule has 3 aromatic rings. The largest absolute Gasteiger partial charge is 0.416 e. The molecule has 0 saturated carbocycles. The summed E-state index contributed by atoms with van der Waals surface area (Å²) in [5, 5.41) is 9.00. The second-order valence-electron chi connectivity index (χ2n) is 8.27. The van der Waals surface area contributed by atoms with E-state index in [1.165, 1.54) is 17.8 Å². The summed E-state index contributed by atoms with van der Waals surface area (Å²) in [6, 6.07) is 12.5. The number of carbonyl (C=O) groups excluding carboxylic acids is 1. The van der Waals surface area contributed by atoms with Crippen LogP contribution in [-0.4, -0.2) is 51.9 Å². The highest BCUT2D eigenvalue weighted by Crippen LogP contribution is 2.33. The van der Waals surface area contributed by atoms with Crippen LogP contribution in [0.4, 0.5) is 13.2 Å². The molecule has 1 aromatic heterocycles. The van der Waals surface area contributed by atoms with Crippen molar-refractivity contribution in [3.8, 4) is 5.69 Å². The second-order valence-corrected chi connectivity index (χ2v) is 9.21. The van der Waals surface area contributed by atoms with Gasteiger partial charge >= 0.3 is 6.18 Å². The van der Waals surface area contributed by atoms with Crippen molar-refractivity contribution >= 4 is 17.7 Å². The molecule has 10 heteroatoms. The molecule has 0 N–H and O–H groups in total. The standard InChI is InChI=1S/C24H25F3N4O2S/c1-16(2)21-28-29-23(31(21)20-5-3-4-19(14-20)24(25,26)27)34-15-17-6-8-18(9-7-17)22(32)30-10-12-33-13-11-30/h3-9,14,16H,10-13,15H2,1-2H3. The van der Waals surface area contributed by atoms with Gasteiger partial charge in [-0.2, -0.15) is 13.2 Å². The summed E-state index contributed by atoms with van der Waals surface area (Å²) < 4.78 is 46.8. The fourth-order valence-electron chi connectivity index (χ4n) is 3.65. The third-order valence-electron chi connectivity index (χ3n) is 5.47. The number of nitrogens with zero attached hydrogens (tertiary/aromatic N) is 4. The number of benzene rings is 2. The number of carbonyl (C=O) groups is 1. The normalized spacial score (nSPS) is 14.6. The molecule has 1 aliphatic rings. The molecule has 1 fully saturated rings. The van der Waals surface area contributed by atoms with Crippen molar-refractivity contribution in [3.05, 3.63) is 71.0 Å². The molecular weight excluding hydrogens is 465 g/mol. The molecular formula is C24H25F3N4O2S. The monoisotopic (exact) mass is 490 g/mol. The lowest BCUT2D eigenvalue weighted by molar-refractivity contribution is -0.137. The maximum absolute atomic E-state index is 13.3. The topological polar surface area (TPSA) is 60.3 Å². The first-order chi connectivity index (χ1) is 16.2. The molecule has 0 aliphatic carbocycles. The summed E-state index contributed by atoms with van der Waals surface area (Å²) in [5.41, 5.74) is 1.24. The molecule has 1 saturated heterocycles. The van der Waals surface area contributed by atoms with E-state index in [1.54, 1.807) is 27.7 Å². The van der Waals surface area contributed by atoms with Crippen molar-refractivity contribution in [2.24, 2.45) is 0 Å². The summed E-state index contributed by atoms with van der Waals surface area (Å²) in [5.74, 6) is 1.07. The number of hydrogen-bond donors (Lipinski definition) is 0. The molecule has 1 aliphatic heterocycles. The number of thioether (sulfide) groups is 1. The van der Waals surface area contributed by atoms with Gasteiger partial charge in [0, 0.05) is 30.3 Å². The van der Waals surface area contributed by atoms with E-state index in [4.69, 9.17) is 4.74 Å². The van der Waals surface area contributed by atoms with E-state index in [9.17, 15) is 18.0 Å². The average Bonchev–Trinajstić information content (AvgIpc) is 3.27. The van der Waals surface area contributed by atoms with E-state index >= 15 is 0 Å². The minimum absolute atomic E-state index is 0.0200. The molecule has 180 valence electrons. The van der Waals surface area contributed by atoms with Crippen molar-refractivity contribution in [1.82, 2.24) is 19.7 Å². The molecule has 1 amide bonds. The van der Waals surface area contributed by atoms with Crippen LogP contribution in [0.15, 0.2) is 53.7 Å². The molecule has 0 atom stereocenters. The van der Waals surface area contributed by atoms with Gasteiger partial charge in [0.15, 0.2) is 5.16 Å². The summed E-state index contributed by atoms with van der Waals surface area (Å²) >= 11 is 1.39. The predicted octanol–water partition coefficient (Wildman–Crippen LogP) is 5.17. The second kappa shape index (κ2) is 10.2. The Morgan fingerprint density at radius 1 is 1.09 bits per heavy atom. The average molecular weight is 491 g/mol. The Morgan fingerprint density at radius 2 is 1.79 bits per heavy atom. The number of ether oxygens (including phenoxy) is 1. The fourth-order valence-corrected chi connectivity index (χ4v) is 4.57. The zero-order valence-corrected chi connectivity index (χ0v) is 19.7. The van der Waals surface area contributed by atoms with Gasteiger partial charge in [-0.15, -0.1) is 10.2 Å². The number of halogens is 3. The molecule has 4 rings (SSSR count). The van der Waals surface area contributed by atoms with Crippen LogP contribution in [-0.2, 0) is 16.7 Å². The highest BCUT2D eigenvalue weighted by atomic mass is 32.2. The van der Waals surface area contributed by atoms with E-state index in [0.29, 0.717) is 54.3 Å². The van der Waals surface area contributed by atoms with E-state index in [1.807, 2.05) is 26.0 Å². The summed E-state index contributed by atoms with van der Waals surface area (Å²) in [6.45, 7) is 6.11. The highest BCUT2D eigenvalue weighted by Gasteiger charge is 2.31. The minimum Gasteiger partial charge on any atom is -0.378 e. The Morgan fingerprint density at radius 3 is 2.44 bits per heavy atom. The van der Waals surface area contributed by atoms with Gasteiger partial charge in [0.2, 0.25) is 0 Å². The van der Waals surface area contributed by atoms with E-state index in [-0.39, 0.29) is 11.8 Å². The lowest BCUT2D eigenvalue weighted by Crippen LogP contribution is -2.40. The summed E-state index contributed by atoms with van der Waals surface area (Å²) in [7, 11) is 0. The van der Waals surface area contributed by atoms with Crippen LogP contribution in [0.5, 0.6) is 0 Å². The molecule has 0 spiro atoms. The molecule has 0 unspecified atom stereocenters. The fraction of sp³-hybridized carbons (Fsp3) is 0.375. The summed E-state index contributed by atoms with van der Waals surface area (Å²) in [6.07, 6.45) is -4.43. The zero-order chi connectivity index (χ0) is 24.3. The van der Waals surface area contributed by atoms with Crippen LogP contribution in [0.25, 0.3) is 5.69 Å². The lowest BCUT2D eigenvalue weighted by Gasteiger charge is -2.26. The zero-order valence-electron chi connectivity index (χ0n) is 18.9. The molecule has 2 aromatic carbocycles. The minimum atomic E-state index is -4.43. The van der Waals surface area contributed by atoms with Crippen molar-refractivity contribution in [3.63, 3.8) is 0 Å². The van der Waals surface area contributed by atoms with Gasteiger partial charge in [0.25, 0.3) is 5.91 Å². The highest BCUT2D eigenvalue weighted by molar-refractivity contribution is 7.98. The molecule has 0 radical (unpaired) electrons. The van der Waals surface area contributed by atoms with Crippen molar-refractivity contribution in [2.45, 2.75) is 36.9 Å². The number of hydrogen-bond acceptors (Lipinski definition) is 5. The van der Waals surface area contributed by atoms with Gasteiger partial charge in [-0.05, 0) is 35.9 Å². The van der Waals surface area contributed by atoms with Gasteiger partial charge < -0.3 is 9.64 Å². The van der Waals surface area contributed by atoms with Gasteiger partial charge in [-0.25, -0.2) is 0 Å². The molecule has 2 heterocycles. The van der Waals surface area contributed by atoms with Crippen molar-refractivity contribution in [1.29, 1.82) is 0 Å². The van der Waals surface area contributed by atoms with Crippen LogP contribution >= 0.6 is 11.8 Å². The number of rotatable bonds is 6. The van der Waals surface area contributed by atoms with Crippen LogP contribution in [0.2, 0.25) is 0 Å². The molecule has 6 nitrogen and oxygen atoms in total. The van der Waals surface area contributed by atoms with E-state index in [0.717, 1.165) is 17.7 Å². The van der Waals surface area contributed by atoms with Crippen LogP contribution in [0.3, 0.4) is 0 Å². The number of aromatic nitrogens is 3. The van der Waals surface area contributed by atoms with Crippen LogP contribution in [0, 0.1) is 0 Å². The van der Waals surface area contributed by atoms with Crippen molar-refractivity contribution in [2.75, 3.05) is 26.3 Å². The molecule has 0 bridgehead atoms. The van der Waals surface area contributed by atoms with Gasteiger partial charge in [-0.1, -0.05) is 43.8 Å². The quantitative estimate of drug-likeness (QED) is 0.446. The lowest BCUT2D eigenvalue weighted by atomic mass is 10.1. The third-order valence-corrected chi connectivity index (χ3v) is 6.47. The third kappa shape index (κ3) is 5.44. The Bertz CT molecular complexity index is 1140. The van der Waals surface area contributed by atoms with Crippen molar-refractivity contribution < 1.29 is 22.7 Å². The van der Waals surface area contributed by atoms with Crippen LogP contribution < -0.4 is 0 Å². The van der Waals surface area contributed by atoms with Gasteiger partial charge in [0.1, 0.15) is 5.82 Å². The Kier molecular flexibility index (Phi) is 7.27. The number of morpholine rings is 1. The maximum atomic E-state index is 13.3. The van der Waals surface area contributed by atoms with Crippen LogP contribution in [0.1, 0.15) is 47.1 Å². The summed E-state index contributed by atoms with van der Waals surface area (Å²) in [4.78, 5) is 14.4. The first-order valence-corrected chi connectivity index (χ1v) is 11.9. The number of alkyl halides is 3. The first-order valence-electron chi connectivity index (χ1n) is 11.0. The van der Waals surface area contributed by atoms with Gasteiger partial charge in [-0.3, -0.25) is 9.36 Å². The Hall–Kier alpha value is -2.85. The first kappa shape index (κ1) is 24.3. The number of amides is 1. The Labute approximate surface area is 200 Å². The SMILES string of the molecule is CC(C)c1nnc(SCc2ccc(C(=O)N3CCOCC3)cc2)n1-c1cccc(C(F)(F)F)c1. The smallest absolute Gasteiger partial charge is 0.378 e. The Balaban J connectivity index is 1.52. The molecule has 34 heavy (non-hydrogen) atoms.